The molecule has 2 N–H and O–H groups in total. The van der Waals surface area contributed by atoms with Crippen LogP contribution in [-0.2, 0) is 4.74 Å². The van der Waals surface area contributed by atoms with E-state index in [1.165, 1.54) is 0 Å². The Balaban J connectivity index is 2.47. The van der Waals surface area contributed by atoms with Gasteiger partial charge in [0, 0.05) is 19.8 Å². The number of rotatable bonds is 5. The molecule has 15 heavy (non-hydrogen) atoms. The van der Waals surface area contributed by atoms with Crippen molar-refractivity contribution in [3.63, 3.8) is 0 Å². The minimum atomic E-state index is 0.268. The Morgan fingerprint density at radius 3 is 2.87 bits per heavy atom. The van der Waals surface area contributed by atoms with Crippen LogP contribution in [-0.4, -0.2) is 31.3 Å². The summed E-state index contributed by atoms with van der Waals surface area (Å²) in [5, 5.41) is 0. The number of likely N-dealkylation sites (N-methyl/N-ethyl adjacent to an activating group) is 1. The standard InChI is InChI=1S/C11H19N3O/c1-9(2)15-8-7-14(3)10-5-4-6-13-11(10)12/h4-6,9H,7-8H2,1-3H3,(H2,12,13). The van der Waals surface area contributed by atoms with Crippen LogP contribution in [0.4, 0.5) is 11.5 Å². The predicted molar refractivity (Wildman–Crippen MR) is 63.0 cm³/mol. The lowest BCUT2D eigenvalue weighted by Crippen LogP contribution is -2.24. The topological polar surface area (TPSA) is 51.4 Å². The van der Waals surface area contributed by atoms with Crippen LogP contribution in [0.5, 0.6) is 0 Å². The highest BCUT2D eigenvalue weighted by Gasteiger charge is 2.05. The molecule has 0 aromatic carbocycles. The Bertz CT molecular complexity index is 302. The van der Waals surface area contributed by atoms with E-state index < -0.39 is 0 Å². The molecule has 1 rings (SSSR count). The zero-order chi connectivity index (χ0) is 11.3. The van der Waals surface area contributed by atoms with Crippen LogP contribution < -0.4 is 10.6 Å². The number of pyridine rings is 1. The normalized spacial score (nSPS) is 10.7. The molecule has 0 bridgehead atoms. The molecule has 4 heteroatoms. The third-order valence-corrected chi connectivity index (χ3v) is 2.11. The molecule has 0 unspecified atom stereocenters. The average molecular weight is 209 g/mol. The van der Waals surface area contributed by atoms with E-state index >= 15 is 0 Å². The number of aromatic nitrogens is 1. The third kappa shape index (κ3) is 3.75. The number of nitrogens with two attached hydrogens (primary N) is 1. The third-order valence-electron chi connectivity index (χ3n) is 2.11. The lowest BCUT2D eigenvalue weighted by atomic mass is 10.3. The summed E-state index contributed by atoms with van der Waals surface area (Å²) in [5.74, 6) is 0.560. The smallest absolute Gasteiger partial charge is 0.146 e. The first kappa shape index (κ1) is 11.8. The van der Waals surface area contributed by atoms with Crippen molar-refractivity contribution in [3.05, 3.63) is 18.3 Å². The molecule has 0 aliphatic heterocycles. The van der Waals surface area contributed by atoms with Gasteiger partial charge in [-0.15, -0.1) is 0 Å². The van der Waals surface area contributed by atoms with Gasteiger partial charge in [-0.1, -0.05) is 0 Å². The number of nitrogen functional groups attached to an aromatic ring is 1. The number of hydrogen-bond donors (Lipinski definition) is 1. The summed E-state index contributed by atoms with van der Waals surface area (Å²) in [6.07, 6.45) is 1.96. The van der Waals surface area contributed by atoms with Crippen LogP contribution in [0.2, 0.25) is 0 Å². The molecule has 0 radical (unpaired) electrons. The molecular weight excluding hydrogens is 190 g/mol. The minimum absolute atomic E-state index is 0.268. The van der Waals surface area contributed by atoms with Crippen molar-refractivity contribution in [3.8, 4) is 0 Å². The van der Waals surface area contributed by atoms with Crippen molar-refractivity contribution < 1.29 is 4.74 Å². The first-order chi connectivity index (χ1) is 7.11. The molecule has 0 aliphatic rings. The highest BCUT2D eigenvalue weighted by Crippen LogP contribution is 2.17. The number of ether oxygens (including phenoxy) is 1. The maximum atomic E-state index is 5.76. The van der Waals surface area contributed by atoms with Gasteiger partial charge in [-0.2, -0.15) is 0 Å². The molecule has 1 aromatic heterocycles. The van der Waals surface area contributed by atoms with Gasteiger partial charge in [-0.25, -0.2) is 4.98 Å². The summed E-state index contributed by atoms with van der Waals surface area (Å²) in [6, 6.07) is 3.84. The zero-order valence-corrected chi connectivity index (χ0v) is 9.60. The van der Waals surface area contributed by atoms with Crippen LogP contribution in [0.15, 0.2) is 18.3 Å². The van der Waals surface area contributed by atoms with E-state index in [0.717, 1.165) is 12.2 Å². The lowest BCUT2D eigenvalue weighted by Gasteiger charge is -2.20. The van der Waals surface area contributed by atoms with Crippen molar-refractivity contribution in [2.75, 3.05) is 30.8 Å². The molecule has 4 nitrogen and oxygen atoms in total. The van der Waals surface area contributed by atoms with Crippen molar-refractivity contribution in [1.29, 1.82) is 0 Å². The summed E-state index contributed by atoms with van der Waals surface area (Å²) >= 11 is 0. The van der Waals surface area contributed by atoms with Gasteiger partial charge in [0.1, 0.15) is 5.82 Å². The zero-order valence-electron chi connectivity index (χ0n) is 9.60. The second-order valence-electron chi connectivity index (χ2n) is 3.75. The van der Waals surface area contributed by atoms with Crippen molar-refractivity contribution in [1.82, 2.24) is 4.98 Å². The molecule has 1 aromatic rings. The number of nitrogens with zero attached hydrogens (tertiary/aromatic N) is 2. The van der Waals surface area contributed by atoms with Crippen LogP contribution in [0, 0.1) is 0 Å². The summed E-state index contributed by atoms with van der Waals surface area (Å²) in [6.45, 7) is 5.56. The maximum absolute atomic E-state index is 5.76. The molecule has 0 spiro atoms. The van der Waals surface area contributed by atoms with Gasteiger partial charge in [-0.3, -0.25) is 0 Å². The van der Waals surface area contributed by atoms with Crippen molar-refractivity contribution in [2.45, 2.75) is 20.0 Å². The highest BCUT2D eigenvalue weighted by molar-refractivity contribution is 5.62. The van der Waals surface area contributed by atoms with E-state index in [1.54, 1.807) is 6.20 Å². The van der Waals surface area contributed by atoms with Crippen LogP contribution in [0.3, 0.4) is 0 Å². The molecule has 0 aliphatic carbocycles. The number of hydrogen-bond acceptors (Lipinski definition) is 4. The molecule has 84 valence electrons. The molecule has 0 saturated carbocycles. The van der Waals surface area contributed by atoms with Gasteiger partial charge in [-0.05, 0) is 26.0 Å². The van der Waals surface area contributed by atoms with Crippen LogP contribution in [0.1, 0.15) is 13.8 Å². The van der Waals surface area contributed by atoms with Gasteiger partial charge < -0.3 is 15.4 Å². The van der Waals surface area contributed by atoms with Gasteiger partial charge in [0.2, 0.25) is 0 Å². The van der Waals surface area contributed by atoms with Crippen molar-refractivity contribution in [2.24, 2.45) is 0 Å². The Morgan fingerprint density at radius 2 is 2.27 bits per heavy atom. The predicted octanol–water partition coefficient (Wildman–Crippen LogP) is 1.52. The quantitative estimate of drug-likeness (QED) is 0.799. The monoisotopic (exact) mass is 209 g/mol. The van der Waals surface area contributed by atoms with E-state index in [2.05, 4.69) is 4.98 Å². The highest BCUT2D eigenvalue weighted by atomic mass is 16.5. The number of anilines is 2. The summed E-state index contributed by atoms with van der Waals surface area (Å²) in [7, 11) is 1.98. The fourth-order valence-electron chi connectivity index (χ4n) is 1.28. The van der Waals surface area contributed by atoms with E-state index in [9.17, 15) is 0 Å². The molecule has 1 heterocycles. The molecule has 0 saturated heterocycles. The second-order valence-corrected chi connectivity index (χ2v) is 3.75. The van der Waals surface area contributed by atoms with Crippen LogP contribution >= 0.6 is 0 Å². The fourth-order valence-corrected chi connectivity index (χ4v) is 1.28. The average Bonchev–Trinajstić information content (AvgIpc) is 2.17. The summed E-state index contributed by atoms with van der Waals surface area (Å²) in [5.41, 5.74) is 6.71. The molecule has 0 fully saturated rings. The summed E-state index contributed by atoms with van der Waals surface area (Å²) < 4.78 is 5.47. The lowest BCUT2D eigenvalue weighted by molar-refractivity contribution is 0.0846. The van der Waals surface area contributed by atoms with Gasteiger partial charge in [0.05, 0.1) is 18.4 Å². The first-order valence-electron chi connectivity index (χ1n) is 5.14. The maximum Gasteiger partial charge on any atom is 0.146 e. The minimum Gasteiger partial charge on any atom is -0.382 e. The van der Waals surface area contributed by atoms with Gasteiger partial charge in [0.25, 0.3) is 0 Å². The Kier molecular flexibility index (Phi) is 4.37. The Morgan fingerprint density at radius 1 is 1.53 bits per heavy atom. The Hall–Kier alpha value is -1.29. The fraction of sp³-hybridized carbons (Fsp3) is 0.545. The van der Waals surface area contributed by atoms with Crippen molar-refractivity contribution >= 4 is 11.5 Å². The second kappa shape index (κ2) is 5.56. The van der Waals surface area contributed by atoms with E-state index in [-0.39, 0.29) is 6.10 Å². The molecular formula is C11H19N3O. The van der Waals surface area contributed by atoms with Crippen LogP contribution in [0.25, 0.3) is 0 Å². The van der Waals surface area contributed by atoms with E-state index in [1.807, 2.05) is 37.9 Å². The first-order valence-corrected chi connectivity index (χ1v) is 5.14. The summed E-state index contributed by atoms with van der Waals surface area (Å²) in [4.78, 5) is 6.09. The molecule has 0 atom stereocenters. The SMILES string of the molecule is CC(C)OCCN(C)c1cccnc1N. The molecule has 0 amide bonds. The van der Waals surface area contributed by atoms with E-state index in [0.29, 0.717) is 12.4 Å². The largest absolute Gasteiger partial charge is 0.382 e. The Labute approximate surface area is 91.1 Å². The van der Waals surface area contributed by atoms with Gasteiger partial charge in [0.15, 0.2) is 0 Å². The van der Waals surface area contributed by atoms with E-state index in [4.69, 9.17) is 10.5 Å². The van der Waals surface area contributed by atoms with Gasteiger partial charge >= 0.3 is 0 Å².